The van der Waals surface area contributed by atoms with E-state index in [2.05, 4.69) is 87.6 Å². The first-order valence-electron chi connectivity index (χ1n) is 7.52. The number of para-hydroxylation sites is 1. The summed E-state index contributed by atoms with van der Waals surface area (Å²) < 4.78 is 1.08. The molecule has 1 heterocycles. The van der Waals surface area contributed by atoms with Crippen LogP contribution in [0.4, 0.5) is 0 Å². The molecule has 0 saturated heterocycles. The van der Waals surface area contributed by atoms with Crippen molar-refractivity contribution in [3.05, 3.63) is 89.5 Å². The van der Waals surface area contributed by atoms with E-state index in [0.717, 1.165) is 15.6 Å². The van der Waals surface area contributed by atoms with Gasteiger partial charge in [0.15, 0.2) is 0 Å². The molecule has 110 valence electrons. The number of aromatic nitrogens is 1. The molecule has 0 unspecified atom stereocenters. The number of rotatable bonds is 2. The van der Waals surface area contributed by atoms with Crippen LogP contribution in [0.15, 0.2) is 89.5 Å². The van der Waals surface area contributed by atoms with Crippen molar-refractivity contribution in [3.63, 3.8) is 0 Å². The first-order chi connectivity index (χ1) is 11.3. The third-order valence-electron chi connectivity index (χ3n) is 3.99. The van der Waals surface area contributed by atoms with Crippen LogP contribution in [0.1, 0.15) is 0 Å². The fourth-order valence-electron chi connectivity index (χ4n) is 2.91. The van der Waals surface area contributed by atoms with E-state index in [0.29, 0.717) is 0 Å². The van der Waals surface area contributed by atoms with Crippen molar-refractivity contribution in [1.29, 1.82) is 0 Å². The van der Waals surface area contributed by atoms with Crippen LogP contribution < -0.4 is 0 Å². The number of fused-ring (bicyclic) bond motifs is 1. The average molecular weight is 360 g/mol. The number of pyridine rings is 1. The molecule has 0 amide bonds. The maximum atomic E-state index is 4.65. The molecule has 1 nitrogen and oxygen atoms in total. The van der Waals surface area contributed by atoms with Gasteiger partial charge in [0.05, 0.1) is 5.52 Å². The summed E-state index contributed by atoms with van der Waals surface area (Å²) >= 11 is 3.51. The molecule has 4 rings (SSSR count). The van der Waals surface area contributed by atoms with Gasteiger partial charge in [0.25, 0.3) is 0 Å². The SMILES string of the molecule is Brc1ccc(-c2cnc3ccccc3c2-c2ccccc2)cc1. The maximum Gasteiger partial charge on any atom is 0.0708 e. The van der Waals surface area contributed by atoms with Gasteiger partial charge in [-0.05, 0) is 29.3 Å². The van der Waals surface area contributed by atoms with Crippen molar-refractivity contribution in [3.8, 4) is 22.3 Å². The van der Waals surface area contributed by atoms with Crippen molar-refractivity contribution in [2.24, 2.45) is 0 Å². The Labute approximate surface area is 143 Å². The summed E-state index contributed by atoms with van der Waals surface area (Å²) in [6.45, 7) is 0. The minimum atomic E-state index is 1.02. The number of hydrogen-bond acceptors (Lipinski definition) is 1. The van der Waals surface area contributed by atoms with Crippen molar-refractivity contribution >= 4 is 26.8 Å². The Bertz CT molecular complexity index is 960. The van der Waals surface area contributed by atoms with E-state index in [1.807, 2.05) is 18.3 Å². The number of halogens is 1. The number of benzene rings is 3. The second kappa shape index (κ2) is 5.98. The van der Waals surface area contributed by atoms with Crippen LogP contribution in [0.3, 0.4) is 0 Å². The molecule has 0 aliphatic carbocycles. The van der Waals surface area contributed by atoms with Crippen molar-refractivity contribution < 1.29 is 0 Å². The van der Waals surface area contributed by atoms with Crippen LogP contribution >= 0.6 is 15.9 Å². The molecule has 0 spiro atoms. The van der Waals surface area contributed by atoms with E-state index in [4.69, 9.17) is 0 Å². The molecule has 0 bridgehead atoms. The summed E-state index contributed by atoms with van der Waals surface area (Å²) in [6.07, 6.45) is 1.98. The molecular formula is C21H14BrN. The predicted octanol–water partition coefficient (Wildman–Crippen LogP) is 6.33. The Hall–Kier alpha value is -2.45. The first-order valence-corrected chi connectivity index (χ1v) is 8.31. The Morgan fingerprint density at radius 1 is 0.652 bits per heavy atom. The molecule has 3 aromatic carbocycles. The fraction of sp³-hybridized carbons (Fsp3) is 0. The maximum absolute atomic E-state index is 4.65. The zero-order valence-electron chi connectivity index (χ0n) is 12.4. The van der Waals surface area contributed by atoms with E-state index in [1.165, 1.54) is 22.1 Å². The normalized spacial score (nSPS) is 10.8. The lowest BCUT2D eigenvalue weighted by Crippen LogP contribution is -1.90. The second-order valence-electron chi connectivity index (χ2n) is 5.44. The number of hydrogen-bond donors (Lipinski definition) is 0. The Morgan fingerprint density at radius 3 is 2.13 bits per heavy atom. The third-order valence-corrected chi connectivity index (χ3v) is 4.52. The van der Waals surface area contributed by atoms with E-state index < -0.39 is 0 Å². The zero-order valence-corrected chi connectivity index (χ0v) is 14.0. The van der Waals surface area contributed by atoms with Crippen LogP contribution in [0, 0.1) is 0 Å². The van der Waals surface area contributed by atoms with Crippen molar-refractivity contribution in [1.82, 2.24) is 4.98 Å². The monoisotopic (exact) mass is 359 g/mol. The van der Waals surface area contributed by atoms with Crippen LogP contribution in [0.25, 0.3) is 33.2 Å². The van der Waals surface area contributed by atoms with Gasteiger partial charge in [-0.3, -0.25) is 4.98 Å². The Kier molecular flexibility index (Phi) is 3.68. The molecule has 0 N–H and O–H groups in total. The van der Waals surface area contributed by atoms with Gasteiger partial charge in [-0.15, -0.1) is 0 Å². The van der Waals surface area contributed by atoms with E-state index >= 15 is 0 Å². The van der Waals surface area contributed by atoms with Gasteiger partial charge in [-0.2, -0.15) is 0 Å². The summed E-state index contributed by atoms with van der Waals surface area (Å²) in [5.74, 6) is 0. The second-order valence-corrected chi connectivity index (χ2v) is 6.35. The minimum Gasteiger partial charge on any atom is -0.256 e. The molecule has 0 aliphatic rings. The molecule has 2 heteroatoms. The summed E-state index contributed by atoms with van der Waals surface area (Å²) in [5.41, 5.74) is 5.79. The highest BCUT2D eigenvalue weighted by molar-refractivity contribution is 9.10. The molecule has 4 aromatic rings. The Morgan fingerprint density at radius 2 is 1.35 bits per heavy atom. The van der Waals surface area contributed by atoms with Crippen LogP contribution in [-0.2, 0) is 0 Å². The molecule has 0 aliphatic heterocycles. The number of nitrogens with zero attached hydrogens (tertiary/aromatic N) is 1. The Balaban J connectivity index is 2.06. The predicted molar refractivity (Wildman–Crippen MR) is 100 cm³/mol. The third kappa shape index (κ3) is 2.66. The molecule has 0 saturated carbocycles. The van der Waals surface area contributed by atoms with Crippen LogP contribution in [0.2, 0.25) is 0 Å². The van der Waals surface area contributed by atoms with E-state index in [-0.39, 0.29) is 0 Å². The van der Waals surface area contributed by atoms with Gasteiger partial charge in [-0.1, -0.05) is 76.6 Å². The lowest BCUT2D eigenvalue weighted by atomic mass is 9.93. The molecular weight excluding hydrogens is 346 g/mol. The quantitative estimate of drug-likeness (QED) is 0.407. The first kappa shape index (κ1) is 14.2. The molecule has 0 atom stereocenters. The lowest BCUT2D eigenvalue weighted by molar-refractivity contribution is 1.40. The fourth-order valence-corrected chi connectivity index (χ4v) is 3.17. The zero-order chi connectivity index (χ0) is 15.6. The molecule has 1 aromatic heterocycles. The highest BCUT2D eigenvalue weighted by atomic mass is 79.9. The van der Waals surface area contributed by atoms with Gasteiger partial charge >= 0.3 is 0 Å². The standard InChI is InChI=1S/C21H14BrN/c22-17-12-10-15(11-13-17)19-14-23-20-9-5-4-8-18(20)21(19)16-6-2-1-3-7-16/h1-14H. The molecule has 23 heavy (non-hydrogen) atoms. The highest BCUT2D eigenvalue weighted by Crippen LogP contribution is 2.37. The molecule has 0 fully saturated rings. The van der Waals surface area contributed by atoms with Crippen LogP contribution in [0.5, 0.6) is 0 Å². The van der Waals surface area contributed by atoms with Gasteiger partial charge in [0, 0.05) is 27.2 Å². The molecule has 0 radical (unpaired) electrons. The summed E-state index contributed by atoms with van der Waals surface area (Å²) in [4.78, 5) is 4.65. The van der Waals surface area contributed by atoms with Crippen LogP contribution in [-0.4, -0.2) is 4.98 Å². The average Bonchev–Trinajstić information content (AvgIpc) is 2.62. The van der Waals surface area contributed by atoms with Crippen molar-refractivity contribution in [2.75, 3.05) is 0 Å². The summed E-state index contributed by atoms with van der Waals surface area (Å²) in [5, 5.41) is 1.18. The van der Waals surface area contributed by atoms with E-state index in [9.17, 15) is 0 Å². The van der Waals surface area contributed by atoms with Crippen molar-refractivity contribution in [2.45, 2.75) is 0 Å². The smallest absolute Gasteiger partial charge is 0.0708 e. The van der Waals surface area contributed by atoms with Gasteiger partial charge in [-0.25, -0.2) is 0 Å². The largest absolute Gasteiger partial charge is 0.256 e. The van der Waals surface area contributed by atoms with E-state index in [1.54, 1.807) is 0 Å². The minimum absolute atomic E-state index is 1.02. The van der Waals surface area contributed by atoms with Gasteiger partial charge < -0.3 is 0 Å². The van der Waals surface area contributed by atoms with Gasteiger partial charge in [0.2, 0.25) is 0 Å². The lowest BCUT2D eigenvalue weighted by Gasteiger charge is -2.13. The summed E-state index contributed by atoms with van der Waals surface area (Å²) in [7, 11) is 0. The summed E-state index contributed by atoms with van der Waals surface area (Å²) in [6, 6.07) is 27.2. The van der Waals surface area contributed by atoms with Gasteiger partial charge in [0.1, 0.15) is 0 Å². The topological polar surface area (TPSA) is 12.9 Å². The highest BCUT2D eigenvalue weighted by Gasteiger charge is 2.12.